The first kappa shape index (κ1) is 17.4. The second kappa shape index (κ2) is 6.62. The molecule has 0 fully saturated rings. The Morgan fingerprint density at radius 1 is 1.07 bits per heavy atom. The average molecular weight is 384 g/mol. The Balaban J connectivity index is 1.66. The molecular formula is C19H16N2O5S. The van der Waals surface area contributed by atoms with Crippen molar-refractivity contribution in [3.05, 3.63) is 51.4 Å². The quantitative estimate of drug-likeness (QED) is 0.822. The van der Waals surface area contributed by atoms with Gasteiger partial charge in [-0.1, -0.05) is 17.2 Å². The molecule has 0 spiro atoms. The molecule has 0 atom stereocenters. The fourth-order valence-corrected chi connectivity index (χ4v) is 4.73. The van der Waals surface area contributed by atoms with Gasteiger partial charge in [0, 0.05) is 11.8 Å². The first-order chi connectivity index (χ1) is 13.0. The molecule has 0 unspecified atom stereocenters. The Morgan fingerprint density at radius 2 is 1.70 bits per heavy atom. The van der Waals surface area contributed by atoms with E-state index in [1.807, 2.05) is 0 Å². The molecule has 1 aliphatic heterocycles. The number of amides is 3. The molecule has 4 rings (SSSR count). The molecule has 1 aromatic carbocycles. The van der Waals surface area contributed by atoms with Crippen LogP contribution >= 0.6 is 11.3 Å². The van der Waals surface area contributed by atoms with Gasteiger partial charge in [-0.25, -0.2) is 4.79 Å². The molecule has 0 saturated carbocycles. The molecule has 138 valence electrons. The molecule has 0 bridgehead atoms. The van der Waals surface area contributed by atoms with Gasteiger partial charge >= 0.3 is 5.97 Å². The van der Waals surface area contributed by atoms with E-state index in [0.29, 0.717) is 16.5 Å². The molecule has 8 heteroatoms. The van der Waals surface area contributed by atoms with E-state index in [0.717, 1.165) is 29.7 Å². The van der Waals surface area contributed by atoms with Crippen molar-refractivity contribution in [2.75, 3.05) is 5.32 Å². The maximum Gasteiger partial charge on any atom is 0.367 e. The second-order valence-electron chi connectivity index (χ2n) is 6.43. The van der Waals surface area contributed by atoms with Gasteiger partial charge in [0.25, 0.3) is 11.8 Å². The van der Waals surface area contributed by atoms with Crippen LogP contribution in [-0.2, 0) is 22.5 Å². The standard InChI is InChI=1S/C19H16N2O5S/c1-10(22)20-16-15(13-8-4-5-9-14(13)27-16)19(25)26-21-17(23)11-6-2-3-7-12(11)18(21)24/h2-3,6-7H,4-5,8-9H2,1H3,(H,20,22). The highest BCUT2D eigenvalue weighted by Gasteiger charge is 2.40. The zero-order valence-corrected chi connectivity index (χ0v) is 15.4. The van der Waals surface area contributed by atoms with E-state index in [4.69, 9.17) is 4.84 Å². The summed E-state index contributed by atoms with van der Waals surface area (Å²) in [6, 6.07) is 6.30. The maximum atomic E-state index is 12.9. The van der Waals surface area contributed by atoms with Crippen LogP contribution in [0.5, 0.6) is 0 Å². The number of hydrogen-bond acceptors (Lipinski definition) is 6. The Morgan fingerprint density at radius 3 is 2.33 bits per heavy atom. The molecule has 2 aliphatic rings. The highest BCUT2D eigenvalue weighted by Crippen LogP contribution is 2.39. The fraction of sp³-hybridized carbons (Fsp3) is 0.263. The maximum absolute atomic E-state index is 12.9. The van der Waals surface area contributed by atoms with Crippen molar-refractivity contribution in [2.24, 2.45) is 0 Å². The number of carbonyl (C=O) groups is 4. The Labute approximate surface area is 158 Å². The minimum Gasteiger partial charge on any atom is -0.324 e. The van der Waals surface area contributed by atoms with Gasteiger partial charge in [0.1, 0.15) is 10.6 Å². The summed E-state index contributed by atoms with van der Waals surface area (Å²) < 4.78 is 0. The van der Waals surface area contributed by atoms with Crippen molar-refractivity contribution >= 4 is 40.0 Å². The third-order valence-corrected chi connectivity index (χ3v) is 5.80. The summed E-state index contributed by atoms with van der Waals surface area (Å²) in [4.78, 5) is 55.5. The first-order valence-electron chi connectivity index (χ1n) is 8.59. The van der Waals surface area contributed by atoms with Crippen LogP contribution in [0.15, 0.2) is 24.3 Å². The van der Waals surface area contributed by atoms with Gasteiger partial charge in [0.2, 0.25) is 5.91 Å². The van der Waals surface area contributed by atoms with Gasteiger partial charge in [0.15, 0.2) is 0 Å². The lowest BCUT2D eigenvalue weighted by Crippen LogP contribution is -2.33. The normalized spacial score (nSPS) is 15.4. The van der Waals surface area contributed by atoms with Crippen molar-refractivity contribution in [3.8, 4) is 0 Å². The number of hydrogen-bond donors (Lipinski definition) is 1. The number of carbonyl (C=O) groups excluding carboxylic acids is 4. The van der Waals surface area contributed by atoms with Gasteiger partial charge in [-0.05, 0) is 43.4 Å². The number of anilines is 1. The Kier molecular flexibility index (Phi) is 4.27. The lowest BCUT2D eigenvalue weighted by Gasteiger charge is -2.15. The third-order valence-electron chi connectivity index (χ3n) is 4.60. The number of imide groups is 1. The number of thiophene rings is 1. The Bertz CT molecular complexity index is 959. The zero-order chi connectivity index (χ0) is 19.1. The molecular weight excluding hydrogens is 368 g/mol. The largest absolute Gasteiger partial charge is 0.367 e. The number of aryl methyl sites for hydroxylation is 1. The molecule has 3 amide bonds. The minimum atomic E-state index is -0.812. The highest BCUT2D eigenvalue weighted by molar-refractivity contribution is 7.17. The predicted molar refractivity (Wildman–Crippen MR) is 97.6 cm³/mol. The summed E-state index contributed by atoms with van der Waals surface area (Å²) in [5.74, 6) is -2.46. The molecule has 2 heterocycles. The zero-order valence-electron chi connectivity index (χ0n) is 14.5. The van der Waals surface area contributed by atoms with Crippen LogP contribution in [0, 0.1) is 0 Å². The van der Waals surface area contributed by atoms with Crippen molar-refractivity contribution < 1.29 is 24.0 Å². The van der Waals surface area contributed by atoms with Crippen LogP contribution in [0.25, 0.3) is 0 Å². The molecule has 27 heavy (non-hydrogen) atoms. The van der Waals surface area contributed by atoms with Gasteiger partial charge in [-0.3, -0.25) is 14.4 Å². The summed E-state index contributed by atoms with van der Waals surface area (Å²) in [6.45, 7) is 1.36. The van der Waals surface area contributed by atoms with Crippen LogP contribution in [0.1, 0.15) is 61.3 Å². The van der Waals surface area contributed by atoms with E-state index < -0.39 is 17.8 Å². The monoisotopic (exact) mass is 384 g/mol. The third kappa shape index (κ3) is 2.91. The molecule has 1 aromatic heterocycles. The van der Waals surface area contributed by atoms with E-state index in [1.165, 1.54) is 30.4 Å². The summed E-state index contributed by atoms with van der Waals surface area (Å²) >= 11 is 1.34. The summed E-state index contributed by atoms with van der Waals surface area (Å²) in [7, 11) is 0. The number of fused-ring (bicyclic) bond motifs is 2. The van der Waals surface area contributed by atoms with Crippen LogP contribution in [0.3, 0.4) is 0 Å². The van der Waals surface area contributed by atoms with Gasteiger partial charge in [-0.15, -0.1) is 11.3 Å². The number of nitrogens with one attached hydrogen (secondary N) is 1. The van der Waals surface area contributed by atoms with Gasteiger partial charge in [0.05, 0.1) is 11.1 Å². The molecule has 7 nitrogen and oxygen atoms in total. The summed E-state index contributed by atoms with van der Waals surface area (Å²) in [5.41, 5.74) is 1.47. The van der Waals surface area contributed by atoms with Crippen LogP contribution < -0.4 is 5.32 Å². The second-order valence-corrected chi connectivity index (χ2v) is 7.53. The first-order valence-corrected chi connectivity index (χ1v) is 9.41. The lowest BCUT2D eigenvalue weighted by molar-refractivity contribution is -0.114. The molecule has 1 aliphatic carbocycles. The van der Waals surface area contributed by atoms with E-state index in [9.17, 15) is 19.2 Å². The molecule has 0 radical (unpaired) electrons. The van der Waals surface area contributed by atoms with Crippen molar-refractivity contribution in [3.63, 3.8) is 0 Å². The van der Waals surface area contributed by atoms with E-state index in [-0.39, 0.29) is 22.6 Å². The fourth-order valence-electron chi connectivity index (χ4n) is 3.41. The number of benzene rings is 1. The van der Waals surface area contributed by atoms with Crippen molar-refractivity contribution in [2.45, 2.75) is 32.6 Å². The number of hydroxylamine groups is 2. The summed E-state index contributed by atoms with van der Waals surface area (Å²) in [5, 5.41) is 3.56. The van der Waals surface area contributed by atoms with Crippen LogP contribution in [0.2, 0.25) is 0 Å². The topological polar surface area (TPSA) is 92.8 Å². The Hall–Kier alpha value is -3.00. The SMILES string of the molecule is CC(=O)Nc1sc2c(c1C(=O)ON1C(=O)c3ccccc3C1=O)CCCC2. The number of rotatable bonds is 3. The average Bonchev–Trinajstić information content (AvgIpc) is 3.12. The van der Waals surface area contributed by atoms with Crippen molar-refractivity contribution in [1.29, 1.82) is 0 Å². The number of nitrogens with zero attached hydrogens (tertiary/aromatic N) is 1. The van der Waals surface area contributed by atoms with E-state index in [1.54, 1.807) is 12.1 Å². The van der Waals surface area contributed by atoms with Crippen molar-refractivity contribution in [1.82, 2.24) is 5.06 Å². The van der Waals surface area contributed by atoms with Crippen LogP contribution in [-0.4, -0.2) is 28.8 Å². The van der Waals surface area contributed by atoms with Gasteiger partial charge < -0.3 is 10.2 Å². The minimum absolute atomic E-state index is 0.199. The van der Waals surface area contributed by atoms with E-state index in [2.05, 4.69) is 5.32 Å². The van der Waals surface area contributed by atoms with Crippen LogP contribution in [0.4, 0.5) is 5.00 Å². The van der Waals surface area contributed by atoms with E-state index >= 15 is 0 Å². The predicted octanol–water partition coefficient (Wildman–Crippen LogP) is 2.95. The molecule has 1 N–H and O–H groups in total. The van der Waals surface area contributed by atoms with Gasteiger partial charge in [-0.2, -0.15) is 0 Å². The highest BCUT2D eigenvalue weighted by atomic mass is 32.1. The summed E-state index contributed by atoms with van der Waals surface area (Å²) in [6.07, 6.45) is 3.46. The lowest BCUT2D eigenvalue weighted by atomic mass is 9.95. The molecule has 0 saturated heterocycles. The smallest absolute Gasteiger partial charge is 0.324 e. The molecule has 2 aromatic rings.